The number of rotatable bonds is 3. The van der Waals surface area contributed by atoms with Crippen LogP contribution < -0.4 is 0 Å². The van der Waals surface area contributed by atoms with Crippen molar-refractivity contribution in [2.24, 2.45) is 0 Å². The number of nitrogens with zero attached hydrogens (tertiary/aromatic N) is 4. The van der Waals surface area contributed by atoms with Crippen molar-refractivity contribution >= 4 is 15.7 Å². The van der Waals surface area contributed by atoms with Crippen LogP contribution in [0.1, 0.15) is 24.7 Å². The first-order valence-corrected chi connectivity index (χ1v) is 9.19. The summed E-state index contributed by atoms with van der Waals surface area (Å²) in [6.07, 6.45) is 2.81. The van der Waals surface area contributed by atoms with Gasteiger partial charge in [-0.05, 0) is 37.1 Å². The van der Waals surface area contributed by atoms with E-state index in [2.05, 4.69) is 10.2 Å². The predicted octanol–water partition coefficient (Wildman–Crippen LogP) is 2.53. The van der Waals surface area contributed by atoms with Gasteiger partial charge >= 0.3 is 0 Å². The summed E-state index contributed by atoms with van der Waals surface area (Å²) in [5.74, 6) is -1.76. The van der Waals surface area contributed by atoms with Crippen molar-refractivity contribution in [2.75, 3.05) is 6.54 Å². The molecule has 3 aromatic rings. The van der Waals surface area contributed by atoms with Gasteiger partial charge in [-0.3, -0.25) is 4.40 Å². The Balaban J connectivity index is 1.82. The molecule has 1 aliphatic rings. The van der Waals surface area contributed by atoms with Gasteiger partial charge in [0.2, 0.25) is 10.0 Å². The third-order valence-electron chi connectivity index (χ3n) is 4.33. The summed E-state index contributed by atoms with van der Waals surface area (Å²) >= 11 is 0. The van der Waals surface area contributed by atoms with Crippen LogP contribution in [0.25, 0.3) is 5.65 Å². The van der Waals surface area contributed by atoms with Crippen LogP contribution in [0.15, 0.2) is 47.5 Å². The zero-order valence-electron chi connectivity index (χ0n) is 13.0. The van der Waals surface area contributed by atoms with Crippen molar-refractivity contribution in [2.45, 2.75) is 23.8 Å². The predicted molar refractivity (Wildman–Crippen MR) is 85.2 cm³/mol. The zero-order chi connectivity index (χ0) is 17.6. The van der Waals surface area contributed by atoms with E-state index in [1.165, 1.54) is 0 Å². The quantitative estimate of drug-likeness (QED) is 0.716. The van der Waals surface area contributed by atoms with Gasteiger partial charge in [0.05, 0.1) is 6.04 Å². The first kappa shape index (κ1) is 16.1. The van der Waals surface area contributed by atoms with Gasteiger partial charge < -0.3 is 0 Å². The molecule has 0 amide bonds. The summed E-state index contributed by atoms with van der Waals surface area (Å²) in [7, 11) is -4.34. The maximum atomic E-state index is 14.0. The molecule has 1 aliphatic heterocycles. The smallest absolute Gasteiger partial charge is 0.249 e. The number of hydrogen-bond donors (Lipinski definition) is 0. The molecule has 25 heavy (non-hydrogen) atoms. The fourth-order valence-electron chi connectivity index (χ4n) is 3.22. The lowest BCUT2D eigenvalue weighted by Gasteiger charge is -2.23. The first-order valence-electron chi connectivity index (χ1n) is 7.75. The van der Waals surface area contributed by atoms with Crippen LogP contribution in [0.5, 0.6) is 0 Å². The lowest BCUT2D eigenvalue weighted by Crippen LogP contribution is -2.32. The maximum Gasteiger partial charge on any atom is 0.249 e. The van der Waals surface area contributed by atoms with E-state index in [4.69, 9.17) is 0 Å². The fourth-order valence-corrected chi connectivity index (χ4v) is 4.99. The van der Waals surface area contributed by atoms with E-state index in [-0.39, 0.29) is 6.54 Å². The minimum Gasteiger partial charge on any atom is -0.285 e. The molecule has 2 aromatic heterocycles. The molecule has 4 rings (SSSR count). The monoisotopic (exact) mass is 364 g/mol. The Morgan fingerprint density at radius 3 is 2.56 bits per heavy atom. The number of pyridine rings is 1. The van der Waals surface area contributed by atoms with Crippen molar-refractivity contribution in [1.82, 2.24) is 18.9 Å². The highest BCUT2D eigenvalue weighted by atomic mass is 32.2. The number of aromatic nitrogens is 3. The van der Waals surface area contributed by atoms with E-state index in [1.807, 2.05) is 0 Å². The summed E-state index contributed by atoms with van der Waals surface area (Å²) in [5, 5.41) is 8.13. The van der Waals surface area contributed by atoms with E-state index >= 15 is 0 Å². The molecule has 0 aliphatic carbocycles. The highest BCUT2D eigenvalue weighted by Gasteiger charge is 2.41. The molecule has 0 N–H and O–H groups in total. The summed E-state index contributed by atoms with van der Waals surface area (Å²) < 4.78 is 56.7. The summed E-state index contributed by atoms with van der Waals surface area (Å²) in [5.41, 5.74) is 0.582. The van der Waals surface area contributed by atoms with E-state index < -0.39 is 32.6 Å². The number of halogens is 2. The topological polar surface area (TPSA) is 67.6 Å². The van der Waals surface area contributed by atoms with Gasteiger partial charge in [0.1, 0.15) is 11.6 Å². The third kappa shape index (κ3) is 2.50. The standard InChI is InChI=1S/C16H14F2N4O2S/c17-11-5-3-6-12(18)15(11)25(23,24)22-10-4-7-13(22)16-20-19-14-8-1-2-9-21(14)16/h1-3,5-6,8-9,13H,4,7,10H2. The van der Waals surface area contributed by atoms with Crippen LogP contribution in [0, 0.1) is 11.6 Å². The second-order valence-electron chi connectivity index (χ2n) is 5.81. The Labute approximate surface area is 142 Å². The average molecular weight is 364 g/mol. The van der Waals surface area contributed by atoms with Crippen LogP contribution in [-0.2, 0) is 10.0 Å². The van der Waals surface area contributed by atoms with Gasteiger partial charge in [-0.25, -0.2) is 17.2 Å². The van der Waals surface area contributed by atoms with Crippen molar-refractivity contribution < 1.29 is 17.2 Å². The minimum absolute atomic E-state index is 0.169. The van der Waals surface area contributed by atoms with Gasteiger partial charge in [-0.1, -0.05) is 12.1 Å². The molecule has 130 valence electrons. The Hall–Kier alpha value is -2.39. The van der Waals surface area contributed by atoms with Gasteiger partial charge in [-0.15, -0.1) is 10.2 Å². The number of fused-ring (bicyclic) bond motifs is 1. The molecule has 0 radical (unpaired) electrons. The van der Waals surface area contributed by atoms with Gasteiger partial charge in [0, 0.05) is 12.7 Å². The molecule has 6 nitrogen and oxygen atoms in total. The summed E-state index contributed by atoms with van der Waals surface area (Å²) in [6, 6.07) is 7.72. The molecule has 3 heterocycles. The Morgan fingerprint density at radius 2 is 1.80 bits per heavy atom. The van der Waals surface area contributed by atoms with E-state index in [0.717, 1.165) is 22.5 Å². The zero-order valence-corrected chi connectivity index (χ0v) is 13.8. The summed E-state index contributed by atoms with van der Waals surface area (Å²) in [4.78, 5) is -0.921. The Morgan fingerprint density at radius 1 is 1.04 bits per heavy atom. The van der Waals surface area contributed by atoms with Gasteiger partial charge in [-0.2, -0.15) is 4.31 Å². The Bertz CT molecular complexity index is 1030. The molecule has 1 fully saturated rings. The van der Waals surface area contributed by atoms with Crippen LogP contribution in [0.2, 0.25) is 0 Å². The Kier molecular flexibility index (Phi) is 3.77. The maximum absolute atomic E-state index is 14.0. The molecule has 1 aromatic carbocycles. The number of sulfonamides is 1. The van der Waals surface area contributed by atoms with Crippen molar-refractivity contribution in [1.29, 1.82) is 0 Å². The molecule has 1 atom stereocenters. The van der Waals surface area contributed by atoms with E-state index in [9.17, 15) is 17.2 Å². The normalized spacial score (nSPS) is 18.9. The van der Waals surface area contributed by atoms with E-state index in [0.29, 0.717) is 24.3 Å². The van der Waals surface area contributed by atoms with Gasteiger partial charge in [0.15, 0.2) is 16.4 Å². The van der Waals surface area contributed by atoms with Crippen LogP contribution in [-0.4, -0.2) is 33.9 Å². The van der Waals surface area contributed by atoms with E-state index in [1.54, 1.807) is 28.8 Å². The largest absolute Gasteiger partial charge is 0.285 e. The first-order chi connectivity index (χ1) is 12.0. The molecule has 0 bridgehead atoms. The number of hydrogen-bond acceptors (Lipinski definition) is 4. The molecule has 0 spiro atoms. The second-order valence-corrected chi connectivity index (χ2v) is 7.64. The van der Waals surface area contributed by atoms with Crippen molar-refractivity contribution in [3.63, 3.8) is 0 Å². The SMILES string of the molecule is O=S(=O)(c1c(F)cccc1F)N1CCCC1c1nnc2ccccn12. The minimum atomic E-state index is -4.34. The average Bonchev–Trinajstić information content (AvgIpc) is 3.21. The van der Waals surface area contributed by atoms with Gasteiger partial charge in [0.25, 0.3) is 0 Å². The molecular formula is C16H14F2N4O2S. The molecule has 1 saturated heterocycles. The third-order valence-corrected chi connectivity index (χ3v) is 6.29. The lowest BCUT2D eigenvalue weighted by atomic mass is 10.2. The molecule has 9 heteroatoms. The molecule has 0 saturated carbocycles. The second kappa shape index (κ2) is 5.85. The molecular weight excluding hydrogens is 350 g/mol. The van der Waals surface area contributed by atoms with Crippen molar-refractivity contribution in [3.05, 3.63) is 60.1 Å². The van der Waals surface area contributed by atoms with Crippen LogP contribution in [0.3, 0.4) is 0 Å². The fraction of sp³-hybridized carbons (Fsp3) is 0.250. The number of benzene rings is 1. The summed E-state index contributed by atoms with van der Waals surface area (Å²) in [6.45, 7) is 0.169. The van der Waals surface area contributed by atoms with Crippen LogP contribution in [0.4, 0.5) is 8.78 Å². The highest BCUT2D eigenvalue weighted by Crippen LogP contribution is 2.37. The van der Waals surface area contributed by atoms with Crippen molar-refractivity contribution in [3.8, 4) is 0 Å². The van der Waals surface area contributed by atoms with Crippen LogP contribution >= 0.6 is 0 Å². The molecule has 1 unspecified atom stereocenters. The highest BCUT2D eigenvalue weighted by molar-refractivity contribution is 7.89. The lowest BCUT2D eigenvalue weighted by molar-refractivity contribution is 0.375.